The lowest BCUT2D eigenvalue weighted by molar-refractivity contribution is -0.140. The number of carbonyl (C=O) groups is 2. The lowest BCUT2D eigenvalue weighted by atomic mass is 9.63. The molecule has 0 N–H and O–H groups in total. The summed E-state index contributed by atoms with van der Waals surface area (Å²) < 4.78 is 6.10. The van der Waals surface area contributed by atoms with Crippen LogP contribution in [0.25, 0.3) is 0 Å². The summed E-state index contributed by atoms with van der Waals surface area (Å²) in [5.74, 6) is 0.173. The van der Waals surface area contributed by atoms with E-state index >= 15 is 0 Å². The van der Waals surface area contributed by atoms with E-state index in [1.165, 1.54) is 6.21 Å². The number of amides is 2. The van der Waals surface area contributed by atoms with Crippen LogP contribution in [0.5, 0.6) is 0 Å². The van der Waals surface area contributed by atoms with Crippen molar-refractivity contribution in [2.75, 3.05) is 0 Å². The Labute approximate surface area is 135 Å². The molecule has 5 rings (SSSR count). The first-order chi connectivity index (χ1) is 10.1. The third-order valence-electron chi connectivity index (χ3n) is 4.63. The predicted molar refractivity (Wildman–Crippen MR) is 83.2 cm³/mol. The van der Waals surface area contributed by atoms with Crippen molar-refractivity contribution >= 4 is 40.6 Å². The highest BCUT2D eigenvalue weighted by Crippen LogP contribution is 2.49. The van der Waals surface area contributed by atoms with Gasteiger partial charge in [-0.2, -0.15) is 10.1 Å². The first-order valence-electron chi connectivity index (χ1n) is 7.00. The zero-order valence-electron chi connectivity index (χ0n) is 11.1. The quantitative estimate of drug-likeness (QED) is 0.334. The van der Waals surface area contributed by atoms with Gasteiger partial charge in [-0.3, -0.25) is 9.59 Å². The summed E-state index contributed by atoms with van der Waals surface area (Å²) >= 11 is 2.05. The minimum Gasteiger partial charge on any atom is -0.449 e. The van der Waals surface area contributed by atoms with Crippen molar-refractivity contribution in [3.8, 4) is 0 Å². The summed E-state index contributed by atoms with van der Waals surface area (Å²) in [7, 11) is 0. The van der Waals surface area contributed by atoms with Crippen molar-refractivity contribution in [3.05, 3.63) is 33.8 Å². The van der Waals surface area contributed by atoms with Gasteiger partial charge in [0, 0.05) is 0 Å². The average molecular weight is 396 g/mol. The van der Waals surface area contributed by atoms with Crippen LogP contribution in [0.3, 0.4) is 0 Å². The fraction of sp³-hybridized carbons (Fsp3) is 0.400. The van der Waals surface area contributed by atoms with Crippen LogP contribution in [0.4, 0.5) is 0 Å². The molecule has 1 aromatic rings. The Morgan fingerprint density at radius 3 is 2.24 bits per heavy atom. The topological polar surface area (TPSA) is 62.9 Å². The molecule has 0 unspecified atom stereocenters. The van der Waals surface area contributed by atoms with Crippen LogP contribution in [-0.2, 0) is 9.59 Å². The molecular formula is C15H13IN2O3. The Balaban J connectivity index is 1.62. The van der Waals surface area contributed by atoms with Crippen molar-refractivity contribution in [2.24, 2.45) is 28.8 Å². The smallest absolute Gasteiger partial charge is 0.254 e. The predicted octanol–water partition coefficient (Wildman–Crippen LogP) is 2.42. The Kier molecular flexibility index (Phi) is 3.02. The number of imide groups is 1. The number of hydrogen-bond donors (Lipinski definition) is 0. The van der Waals surface area contributed by atoms with E-state index in [2.05, 4.69) is 39.8 Å². The number of rotatable bonds is 2. The highest BCUT2D eigenvalue weighted by molar-refractivity contribution is 14.1. The van der Waals surface area contributed by atoms with Gasteiger partial charge in [0.05, 0.1) is 18.1 Å². The largest absolute Gasteiger partial charge is 0.449 e. The van der Waals surface area contributed by atoms with E-state index < -0.39 is 0 Å². The summed E-state index contributed by atoms with van der Waals surface area (Å²) in [6.07, 6.45) is 7.63. The molecule has 108 valence electrons. The number of nitrogens with zero attached hydrogens (tertiary/aromatic N) is 2. The molecule has 0 aromatic carbocycles. The molecule has 0 radical (unpaired) electrons. The molecule has 1 aromatic heterocycles. The van der Waals surface area contributed by atoms with Crippen LogP contribution in [0.2, 0.25) is 0 Å². The summed E-state index contributed by atoms with van der Waals surface area (Å²) in [6, 6.07) is 3.56. The molecule has 2 amide bonds. The maximum atomic E-state index is 12.5. The van der Waals surface area contributed by atoms with Crippen molar-refractivity contribution in [3.63, 3.8) is 0 Å². The van der Waals surface area contributed by atoms with Gasteiger partial charge in [0.1, 0.15) is 5.76 Å². The molecule has 4 aliphatic rings. The molecule has 1 saturated heterocycles. The lowest BCUT2D eigenvalue weighted by Gasteiger charge is -2.37. The van der Waals surface area contributed by atoms with Gasteiger partial charge in [-0.1, -0.05) is 12.2 Å². The van der Waals surface area contributed by atoms with E-state index in [1.54, 1.807) is 12.1 Å². The third-order valence-corrected chi connectivity index (χ3v) is 5.21. The van der Waals surface area contributed by atoms with Gasteiger partial charge in [-0.25, -0.2) is 0 Å². The molecule has 0 spiro atoms. The molecule has 5 nitrogen and oxygen atoms in total. The van der Waals surface area contributed by atoms with Crippen LogP contribution in [-0.4, -0.2) is 23.0 Å². The van der Waals surface area contributed by atoms with Crippen molar-refractivity contribution in [1.82, 2.24) is 5.01 Å². The van der Waals surface area contributed by atoms with E-state index in [9.17, 15) is 9.59 Å². The van der Waals surface area contributed by atoms with Gasteiger partial charge in [0.2, 0.25) is 0 Å². The van der Waals surface area contributed by atoms with Gasteiger partial charge < -0.3 is 4.42 Å². The Hall–Kier alpha value is -1.44. The van der Waals surface area contributed by atoms with Gasteiger partial charge >= 0.3 is 0 Å². The lowest BCUT2D eigenvalue weighted by Crippen LogP contribution is -2.38. The summed E-state index contributed by atoms with van der Waals surface area (Å²) in [4.78, 5) is 25.0. The minimum atomic E-state index is -0.213. The highest BCUT2D eigenvalue weighted by atomic mass is 127. The van der Waals surface area contributed by atoms with Gasteiger partial charge in [-0.15, -0.1) is 0 Å². The molecule has 4 atom stereocenters. The van der Waals surface area contributed by atoms with E-state index in [1.807, 2.05) is 0 Å². The molecule has 21 heavy (non-hydrogen) atoms. The standard InChI is InChI=1S/C15H13IN2O3/c16-11-6-5-10(21-11)7-17-18-14(19)12-8-1-2-9(4-3-8)13(12)15(18)20/h1-2,5-9,12-13H,3-4H2/b17-7-/t8-,9-,12+,13+/m0/s1. The summed E-state index contributed by atoms with van der Waals surface area (Å²) in [5.41, 5.74) is 0. The molecule has 2 heterocycles. The van der Waals surface area contributed by atoms with Crippen LogP contribution in [0.15, 0.2) is 33.8 Å². The number of hydrazone groups is 1. The Morgan fingerprint density at radius 1 is 1.14 bits per heavy atom. The molecule has 1 aliphatic heterocycles. The van der Waals surface area contributed by atoms with Crippen LogP contribution >= 0.6 is 22.6 Å². The van der Waals surface area contributed by atoms with E-state index in [4.69, 9.17) is 4.42 Å². The van der Waals surface area contributed by atoms with Crippen molar-refractivity contribution in [2.45, 2.75) is 12.8 Å². The maximum absolute atomic E-state index is 12.5. The molecule has 2 fully saturated rings. The molecule has 3 aliphatic carbocycles. The second-order valence-corrected chi connectivity index (χ2v) is 6.78. The SMILES string of the molecule is O=C1[C@H]2[C@H](C(=O)N1/N=C\c1ccc(I)o1)[C@H]1C=C[C@H]2CC1. The maximum Gasteiger partial charge on any atom is 0.254 e. The second kappa shape index (κ2) is 4.79. The minimum absolute atomic E-state index is 0.165. The fourth-order valence-corrected chi connectivity index (χ4v) is 4.12. The van der Waals surface area contributed by atoms with Crippen molar-refractivity contribution in [1.29, 1.82) is 0 Å². The number of carbonyl (C=O) groups excluding carboxylic acids is 2. The monoisotopic (exact) mass is 396 g/mol. The van der Waals surface area contributed by atoms with Gasteiger partial charge in [0.15, 0.2) is 3.77 Å². The van der Waals surface area contributed by atoms with Crippen LogP contribution < -0.4 is 0 Å². The summed E-state index contributed by atoms with van der Waals surface area (Å²) in [5, 5.41) is 5.12. The Morgan fingerprint density at radius 2 is 1.76 bits per heavy atom. The number of furan rings is 1. The normalized spacial score (nSPS) is 34.2. The number of allylic oxidation sites excluding steroid dienone is 2. The first kappa shape index (κ1) is 13.2. The van der Waals surface area contributed by atoms with Crippen molar-refractivity contribution < 1.29 is 14.0 Å². The molecule has 1 saturated carbocycles. The van der Waals surface area contributed by atoms with E-state index in [0.29, 0.717) is 5.76 Å². The highest BCUT2D eigenvalue weighted by Gasteiger charge is 2.56. The van der Waals surface area contributed by atoms with E-state index in [0.717, 1.165) is 21.6 Å². The fourth-order valence-electron chi connectivity index (χ4n) is 3.68. The molecular weight excluding hydrogens is 383 g/mol. The Bertz CT molecular complexity index is 646. The molecule has 2 bridgehead atoms. The first-order valence-corrected chi connectivity index (χ1v) is 8.08. The van der Waals surface area contributed by atoms with Gasteiger partial charge in [0.25, 0.3) is 11.8 Å². The van der Waals surface area contributed by atoms with Crippen LogP contribution in [0, 0.1) is 27.4 Å². The zero-order valence-corrected chi connectivity index (χ0v) is 13.3. The second-order valence-electron chi connectivity index (χ2n) is 5.72. The van der Waals surface area contributed by atoms with E-state index in [-0.39, 0.29) is 35.5 Å². The van der Waals surface area contributed by atoms with Crippen LogP contribution in [0.1, 0.15) is 18.6 Å². The number of halogens is 1. The number of hydrogen-bond acceptors (Lipinski definition) is 4. The van der Waals surface area contributed by atoms with Gasteiger partial charge in [-0.05, 0) is 59.4 Å². The average Bonchev–Trinajstić information content (AvgIpc) is 3.03. The molecule has 6 heteroatoms. The zero-order chi connectivity index (χ0) is 14.6. The third kappa shape index (κ3) is 1.99. The number of fused-ring (bicyclic) bond motifs is 1. The summed E-state index contributed by atoms with van der Waals surface area (Å²) in [6.45, 7) is 0.